The minimum absolute atomic E-state index is 0.0121. The summed E-state index contributed by atoms with van der Waals surface area (Å²) in [6.07, 6.45) is 4.22. The predicted octanol–water partition coefficient (Wildman–Crippen LogP) is 4.43. The zero-order valence-electron chi connectivity index (χ0n) is 15.0. The Morgan fingerprint density at radius 1 is 1.18 bits per heavy atom. The molecule has 1 amide bonds. The summed E-state index contributed by atoms with van der Waals surface area (Å²) in [4.78, 5) is 24.0. The highest BCUT2D eigenvalue weighted by molar-refractivity contribution is 6.30. The zero-order valence-corrected chi connectivity index (χ0v) is 15.7. The minimum atomic E-state index is -0.0121. The molecule has 1 aromatic carbocycles. The van der Waals surface area contributed by atoms with Crippen LogP contribution in [0.15, 0.2) is 65.4 Å². The Labute approximate surface area is 166 Å². The van der Waals surface area contributed by atoms with Crippen molar-refractivity contribution in [1.29, 1.82) is 0 Å². The maximum absolute atomic E-state index is 12.9. The quantitative estimate of drug-likeness (QED) is 0.517. The first-order chi connectivity index (χ1) is 13.7. The second-order valence-corrected chi connectivity index (χ2v) is 7.27. The number of carbonyl (C=O) groups excluding carboxylic acids is 1. The fraction of sp³-hybridized carbons (Fsp3) is 0.190. The average Bonchev–Trinajstić information content (AvgIpc) is 3.45. The van der Waals surface area contributed by atoms with Gasteiger partial charge in [0, 0.05) is 29.9 Å². The molecular formula is C21H17ClN4O2. The van der Waals surface area contributed by atoms with Gasteiger partial charge >= 0.3 is 0 Å². The molecule has 1 aliphatic rings. The lowest BCUT2D eigenvalue weighted by Gasteiger charge is -2.18. The molecule has 140 valence electrons. The molecule has 3 aromatic heterocycles. The van der Waals surface area contributed by atoms with Crippen molar-refractivity contribution < 1.29 is 9.21 Å². The fourth-order valence-electron chi connectivity index (χ4n) is 3.80. The van der Waals surface area contributed by atoms with Crippen molar-refractivity contribution in [3.8, 4) is 11.6 Å². The molecule has 0 bridgehead atoms. The summed E-state index contributed by atoms with van der Waals surface area (Å²) in [5.41, 5.74) is 2.22. The van der Waals surface area contributed by atoms with Gasteiger partial charge in [0.1, 0.15) is 5.52 Å². The second kappa shape index (κ2) is 6.80. The number of amides is 1. The molecule has 6 nitrogen and oxygen atoms in total. The van der Waals surface area contributed by atoms with Gasteiger partial charge in [0.15, 0.2) is 17.2 Å². The summed E-state index contributed by atoms with van der Waals surface area (Å²) >= 11 is 6.05. The average molecular weight is 393 g/mol. The minimum Gasteiger partial charge on any atom is -0.461 e. The van der Waals surface area contributed by atoms with Crippen LogP contribution in [0, 0.1) is 0 Å². The van der Waals surface area contributed by atoms with Gasteiger partial charge in [0.2, 0.25) is 0 Å². The molecule has 1 unspecified atom stereocenters. The molecular weight excluding hydrogens is 376 g/mol. The number of nitrogens with zero attached hydrogens (tertiary/aromatic N) is 4. The number of hydrogen-bond donors (Lipinski definition) is 0. The SMILES string of the molecule is O=C(c1cccc(Cl)c1)N1CCC(n2c(-c3ccco3)nc3cccnc32)C1. The van der Waals surface area contributed by atoms with Crippen molar-refractivity contribution >= 4 is 28.7 Å². The fourth-order valence-corrected chi connectivity index (χ4v) is 3.99. The van der Waals surface area contributed by atoms with E-state index in [-0.39, 0.29) is 11.9 Å². The smallest absolute Gasteiger partial charge is 0.253 e. The first-order valence-corrected chi connectivity index (χ1v) is 9.50. The molecule has 0 saturated carbocycles. The Balaban J connectivity index is 1.50. The molecule has 1 saturated heterocycles. The zero-order chi connectivity index (χ0) is 19.1. The number of hydrogen-bond acceptors (Lipinski definition) is 4. The van der Waals surface area contributed by atoms with Crippen molar-refractivity contribution in [3.63, 3.8) is 0 Å². The number of benzene rings is 1. The van der Waals surface area contributed by atoms with Crippen molar-refractivity contribution in [2.24, 2.45) is 0 Å². The van der Waals surface area contributed by atoms with Crippen LogP contribution >= 0.6 is 11.6 Å². The lowest BCUT2D eigenvalue weighted by Crippen LogP contribution is -2.29. The number of likely N-dealkylation sites (tertiary alicyclic amines) is 1. The van der Waals surface area contributed by atoms with Gasteiger partial charge in [-0.15, -0.1) is 0 Å². The third-order valence-electron chi connectivity index (χ3n) is 5.08. The van der Waals surface area contributed by atoms with Crippen molar-refractivity contribution in [2.75, 3.05) is 13.1 Å². The molecule has 0 spiro atoms. The van der Waals surface area contributed by atoms with E-state index in [4.69, 9.17) is 21.0 Å². The molecule has 1 aliphatic heterocycles. The lowest BCUT2D eigenvalue weighted by atomic mass is 10.2. The van der Waals surface area contributed by atoms with Gasteiger partial charge in [-0.2, -0.15) is 0 Å². The lowest BCUT2D eigenvalue weighted by molar-refractivity contribution is 0.0788. The van der Waals surface area contributed by atoms with Crippen LogP contribution < -0.4 is 0 Å². The van der Waals surface area contributed by atoms with Gasteiger partial charge in [-0.1, -0.05) is 17.7 Å². The van der Waals surface area contributed by atoms with Crippen LogP contribution in [-0.4, -0.2) is 38.4 Å². The number of pyridine rings is 1. The molecule has 7 heteroatoms. The highest BCUT2D eigenvalue weighted by Crippen LogP contribution is 2.32. The molecule has 0 aliphatic carbocycles. The Morgan fingerprint density at radius 3 is 2.93 bits per heavy atom. The van der Waals surface area contributed by atoms with Gasteiger partial charge in [0.05, 0.1) is 12.3 Å². The molecule has 4 aromatic rings. The van der Waals surface area contributed by atoms with Crippen LogP contribution in [-0.2, 0) is 0 Å². The van der Waals surface area contributed by atoms with E-state index in [1.807, 2.05) is 29.2 Å². The van der Waals surface area contributed by atoms with Gasteiger partial charge in [-0.05, 0) is 48.9 Å². The Kier molecular flexibility index (Phi) is 4.13. The molecule has 1 atom stereocenters. The predicted molar refractivity (Wildman–Crippen MR) is 106 cm³/mol. The van der Waals surface area contributed by atoms with E-state index in [9.17, 15) is 4.79 Å². The van der Waals surface area contributed by atoms with Crippen LogP contribution in [0.1, 0.15) is 22.8 Å². The monoisotopic (exact) mass is 392 g/mol. The molecule has 0 N–H and O–H groups in total. The number of carbonyl (C=O) groups is 1. The van der Waals surface area contributed by atoms with Crippen molar-refractivity contribution in [1.82, 2.24) is 19.4 Å². The van der Waals surface area contributed by atoms with E-state index in [0.717, 1.165) is 23.4 Å². The van der Waals surface area contributed by atoms with E-state index in [1.165, 1.54) is 0 Å². The highest BCUT2D eigenvalue weighted by atomic mass is 35.5. The van der Waals surface area contributed by atoms with Gasteiger partial charge in [0.25, 0.3) is 5.91 Å². The maximum Gasteiger partial charge on any atom is 0.253 e. The second-order valence-electron chi connectivity index (χ2n) is 6.83. The molecule has 4 heterocycles. The van der Waals surface area contributed by atoms with Gasteiger partial charge < -0.3 is 13.9 Å². The summed E-state index contributed by atoms with van der Waals surface area (Å²) in [6, 6.07) is 14.7. The van der Waals surface area contributed by atoms with E-state index in [1.54, 1.807) is 36.7 Å². The summed E-state index contributed by atoms with van der Waals surface area (Å²) in [6.45, 7) is 1.25. The Hall–Kier alpha value is -3.12. The van der Waals surface area contributed by atoms with Crippen molar-refractivity contribution in [2.45, 2.75) is 12.5 Å². The normalized spacial score (nSPS) is 16.8. The summed E-state index contributed by atoms with van der Waals surface area (Å²) in [5, 5.41) is 0.562. The number of furan rings is 1. The van der Waals surface area contributed by atoms with E-state index in [2.05, 4.69) is 9.55 Å². The topological polar surface area (TPSA) is 64.2 Å². The first kappa shape index (κ1) is 17.0. The Bertz CT molecular complexity index is 1150. The van der Waals surface area contributed by atoms with Crippen LogP contribution in [0.5, 0.6) is 0 Å². The number of halogens is 1. The standard InChI is InChI=1S/C21H17ClN4O2/c22-15-5-1-4-14(12-15)21(27)25-10-8-16(13-25)26-19-17(6-2-9-23-19)24-20(26)18-7-3-11-28-18/h1-7,9,11-12,16H,8,10,13H2. The largest absolute Gasteiger partial charge is 0.461 e. The number of fused-ring (bicyclic) bond motifs is 1. The van der Waals surface area contributed by atoms with Crippen LogP contribution in [0.25, 0.3) is 22.7 Å². The third kappa shape index (κ3) is 2.86. The summed E-state index contributed by atoms with van der Waals surface area (Å²) in [5.74, 6) is 1.42. The first-order valence-electron chi connectivity index (χ1n) is 9.12. The van der Waals surface area contributed by atoms with E-state index < -0.39 is 0 Å². The highest BCUT2D eigenvalue weighted by Gasteiger charge is 2.31. The van der Waals surface area contributed by atoms with Gasteiger partial charge in [-0.25, -0.2) is 9.97 Å². The Morgan fingerprint density at radius 2 is 2.11 bits per heavy atom. The molecule has 28 heavy (non-hydrogen) atoms. The third-order valence-corrected chi connectivity index (χ3v) is 5.31. The van der Waals surface area contributed by atoms with E-state index >= 15 is 0 Å². The number of rotatable bonds is 3. The van der Waals surface area contributed by atoms with E-state index in [0.29, 0.717) is 29.4 Å². The van der Waals surface area contributed by atoms with Gasteiger partial charge in [-0.3, -0.25) is 4.79 Å². The van der Waals surface area contributed by atoms with Crippen LogP contribution in [0.3, 0.4) is 0 Å². The maximum atomic E-state index is 12.9. The molecule has 5 rings (SSSR count). The van der Waals surface area contributed by atoms with Crippen LogP contribution in [0.4, 0.5) is 0 Å². The molecule has 1 fully saturated rings. The van der Waals surface area contributed by atoms with Crippen LogP contribution in [0.2, 0.25) is 5.02 Å². The number of aromatic nitrogens is 3. The number of imidazole rings is 1. The molecule has 0 radical (unpaired) electrons. The van der Waals surface area contributed by atoms with Crippen molar-refractivity contribution in [3.05, 3.63) is 71.6 Å². The summed E-state index contributed by atoms with van der Waals surface area (Å²) < 4.78 is 7.70. The summed E-state index contributed by atoms with van der Waals surface area (Å²) in [7, 11) is 0.